The number of halogens is 1. The van der Waals surface area contributed by atoms with Gasteiger partial charge in [-0.15, -0.1) is 0 Å². The molecule has 1 aromatic heterocycles. The summed E-state index contributed by atoms with van der Waals surface area (Å²) >= 11 is 6.94. The van der Waals surface area contributed by atoms with E-state index in [9.17, 15) is 9.59 Å². The van der Waals surface area contributed by atoms with Gasteiger partial charge in [-0.1, -0.05) is 29.8 Å². The molecule has 0 spiro atoms. The topological polar surface area (TPSA) is 59.1 Å². The maximum absolute atomic E-state index is 11.5. The van der Waals surface area contributed by atoms with Gasteiger partial charge in [-0.3, -0.25) is 14.9 Å². The average Bonchev–Trinajstić information content (AvgIpc) is 2.69. The molecule has 1 saturated heterocycles. The van der Waals surface area contributed by atoms with Crippen molar-refractivity contribution in [1.82, 2.24) is 10.3 Å². The van der Waals surface area contributed by atoms with E-state index in [0.717, 1.165) is 22.7 Å². The van der Waals surface area contributed by atoms with Crippen molar-refractivity contribution in [3.63, 3.8) is 0 Å². The number of hydrogen-bond acceptors (Lipinski definition) is 4. The molecular weight excluding hydrogens is 284 g/mol. The predicted octanol–water partition coefficient (Wildman–Crippen LogP) is 3.21. The highest BCUT2D eigenvalue weighted by atomic mass is 35.5. The number of nitrogens with zero attached hydrogens (tertiary/aromatic N) is 1. The number of fused-ring (bicyclic) bond motifs is 1. The molecule has 19 heavy (non-hydrogen) atoms. The summed E-state index contributed by atoms with van der Waals surface area (Å²) in [5.74, 6) is -0.403. The van der Waals surface area contributed by atoms with Crippen molar-refractivity contribution in [3.05, 3.63) is 46.0 Å². The molecule has 1 N–H and O–H groups in total. The second-order valence-corrected chi connectivity index (χ2v) is 5.29. The van der Waals surface area contributed by atoms with Crippen LogP contribution in [0.1, 0.15) is 5.56 Å². The van der Waals surface area contributed by atoms with E-state index in [1.165, 1.54) is 0 Å². The monoisotopic (exact) mass is 290 g/mol. The van der Waals surface area contributed by atoms with Crippen LogP contribution < -0.4 is 5.32 Å². The van der Waals surface area contributed by atoms with Gasteiger partial charge in [0.15, 0.2) is 0 Å². The minimum Gasteiger partial charge on any atom is -0.282 e. The van der Waals surface area contributed by atoms with Gasteiger partial charge in [-0.2, -0.15) is 0 Å². The summed E-state index contributed by atoms with van der Waals surface area (Å²) in [5.41, 5.74) is 1.40. The molecule has 94 valence electrons. The molecular formula is C13H7ClN2O2S. The molecule has 0 saturated carbocycles. The minimum atomic E-state index is -0.403. The van der Waals surface area contributed by atoms with Gasteiger partial charge < -0.3 is 0 Å². The number of pyridine rings is 1. The van der Waals surface area contributed by atoms with E-state index < -0.39 is 5.91 Å². The summed E-state index contributed by atoms with van der Waals surface area (Å²) in [5, 5.41) is 3.05. The average molecular weight is 291 g/mol. The molecule has 0 bridgehead atoms. The van der Waals surface area contributed by atoms with Crippen LogP contribution >= 0.6 is 23.4 Å². The molecule has 1 aromatic carbocycles. The van der Waals surface area contributed by atoms with E-state index in [-0.39, 0.29) is 5.24 Å². The summed E-state index contributed by atoms with van der Waals surface area (Å²) in [6.07, 6.45) is 1.58. The summed E-state index contributed by atoms with van der Waals surface area (Å²) in [4.78, 5) is 27.2. The molecule has 0 unspecified atom stereocenters. The summed E-state index contributed by atoms with van der Waals surface area (Å²) in [6.45, 7) is 0. The molecule has 1 fully saturated rings. The standard InChI is InChI=1S/C13H7ClN2O2S/c14-11-8(6-10-12(17)16-13(18)19-10)5-7-3-1-2-4-9(7)15-11/h1-6H,(H,16,17,18)/b10-6+. The second-order valence-electron chi connectivity index (χ2n) is 3.91. The Morgan fingerprint density at radius 2 is 2.05 bits per heavy atom. The maximum atomic E-state index is 11.5. The number of carbonyl (C=O) groups is 2. The number of imide groups is 1. The molecule has 1 aliphatic heterocycles. The fourth-order valence-corrected chi connectivity index (χ4v) is 2.65. The van der Waals surface area contributed by atoms with E-state index in [1.54, 1.807) is 6.08 Å². The highest BCUT2D eigenvalue weighted by Gasteiger charge is 2.25. The van der Waals surface area contributed by atoms with Crippen LogP contribution in [0.15, 0.2) is 35.2 Å². The molecule has 0 atom stereocenters. The van der Waals surface area contributed by atoms with Crippen molar-refractivity contribution < 1.29 is 9.59 Å². The van der Waals surface area contributed by atoms with Crippen molar-refractivity contribution in [2.24, 2.45) is 0 Å². The second kappa shape index (κ2) is 4.68. The van der Waals surface area contributed by atoms with Crippen molar-refractivity contribution in [3.8, 4) is 0 Å². The molecule has 4 nitrogen and oxygen atoms in total. The van der Waals surface area contributed by atoms with Crippen LogP contribution in [-0.4, -0.2) is 16.1 Å². The van der Waals surface area contributed by atoms with Crippen molar-refractivity contribution >= 4 is 51.5 Å². The van der Waals surface area contributed by atoms with Crippen LogP contribution in [0.4, 0.5) is 4.79 Å². The fraction of sp³-hybridized carbons (Fsp3) is 0. The van der Waals surface area contributed by atoms with Crippen molar-refractivity contribution in [2.75, 3.05) is 0 Å². The number of para-hydroxylation sites is 1. The number of benzene rings is 1. The van der Waals surface area contributed by atoms with Crippen LogP contribution in [0.25, 0.3) is 17.0 Å². The first kappa shape index (κ1) is 12.2. The van der Waals surface area contributed by atoms with Gasteiger partial charge >= 0.3 is 0 Å². The first-order valence-corrected chi connectivity index (χ1v) is 6.63. The number of nitrogens with one attached hydrogen (secondary N) is 1. The Balaban J connectivity index is 2.10. The molecule has 6 heteroatoms. The molecule has 0 radical (unpaired) electrons. The Kier molecular flexibility index (Phi) is 3.00. The Bertz CT molecular complexity index is 743. The normalized spacial score (nSPS) is 17.2. The molecule has 2 heterocycles. The van der Waals surface area contributed by atoms with E-state index >= 15 is 0 Å². The largest absolute Gasteiger partial charge is 0.290 e. The van der Waals surface area contributed by atoms with E-state index in [1.807, 2.05) is 30.3 Å². The Hall–Kier alpha value is -1.85. The third kappa shape index (κ3) is 2.34. The van der Waals surface area contributed by atoms with Gasteiger partial charge in [-0.25, -0.2) is 4.98 Å². The number of hydrogen-bond donors (Lipinski definition) is 1. The third-order valence-corrected chi connectivity index (χ3v) is 3.75. The lowest BCUT2D eigenvalue weighted by molar-refractivity contribution is -0.115. The highest BCUT2D eigenvalue weighted by Crippen LogP contribution is 2.29. The molecule has 2 aromatic rings. The van der Waals surface area contributed by atoms with Crippen LogP contribution in [-0.2, 0) is 4.79 Å². The Morgan fingerprint density at radius 3 is 2.79 bits per heavy atom. The van der Waals surface area contributed by atoms with E-state index in [0.29, 0.717) is 15.6 Å². The quantitative estimate of drug-likeness (QED) is 0.647. The van der Waals surface area contributed by atoms with Crippen molar-refractivity contribution in [2.45, 2.75) is 0 Å². The molecule has 2 amide bonds. The van der Waals surface area contributed by atoms with Gasteiger partial charge in [0, 0.05) is 10.9 Å². The van der Waals surface area contributed by atoms with Gasteiger partial charge in [-0.05, 0) is 30.0 Å². The SMILES string of the molecule is O=C1NC(=O)/C(=C\c2cc3ccccc3nc2Cl)S1. The van der Waals surface area contributed by atoms with Gasteiger partial charge in [0.25, 0.3) is 11.1 Å². The summed E-state index contributed by atoms with van der Waals surface area (Å²) in [6, 6.07) is 9.39. The minimum absolute atomic E-state index is 0.305. The van der Waals surface area contributed by atoms with Crippen LogP contribution in [0.2, 0.25) is 5.15 Å². The summed E-state index contributed by atoms with van der Waals surface area (Å²) < 4.78 is 0. The number of amides is 2. The fourth-order valence-electron chi connectivity index (χ4n) is 1.77. The zero-order chi connectivity index (χ0) is 13.4. The van der Waals surface area contributed by atoms with Gasteiger partial charge in [0.2, 0.25) is 0 Å². The predicted molar refractivity (Wildman–Crippen MR) is 75.9 cm³/mol. The van der Waals surface area contributed by atoms with Gasteiger partial charge in [0.05, 0.1) is 10.4 Å². The number of carbonyl (C=O) groups excluding carboxylic acids is 2. The first-order chi connectivity index (χ1) is 9.13. The molecule has 3 rings (SSSR count). The lowest BCUT2D eigenvalue weighted by Gasteiger charge is -2.02. The van der Waals surface area contributed by atoms with Crippen LogP contribution in [0.3, 0.4) is 0 Å². The van der Waals surface area contributed by atoms with Crippen LogP contribution in [0.5, 0.6) is 0 Å². The van der Waals surface area contributed by atoms with Crippen molar-refractivity contribution in [1.29, 1.82) is 0 Å². The zero-order valence-electron chi connectivity index (χ0n) is 9.51. The number of aromatic nitrogens is 1. The Labute approximate surface area is 117 Å². The number of rotatable bonds is 1. The smallest absolute Gasteiger partial charge is 0.282 e. The van der Waals surface area contributed by atoms with E-state index in [2.05, 4.69) is 10.3 Å². The van der Waals surface area contributed by atoms with E-state index in [4.69, 9.17) is 11.6 Å². The Morgan fingerprint density at radius 1 is 1.26 bits per heavy atom. The highest BCUT2D eigenvalue weighted by molar-refractivity contribution is 8.18. The summed E-state index contributed by atoms with van der Waals surface area (Å²) in [7, 11) is 0. The lowest BCUT2D eigenvalue weighted by Crippen LogP contribution is -2.17. The lowest BCUT2D eigenvalue weighted by atomic mass is 10.1. The molecule has 0 aliphatic carbocycles. The van der Waals surface area contributed by atoms with Gasteiger partial charge in [0.1, 0.15) is 5.15 Å². The first-order valence-electron chi connectivity index (χ1n) is 5.43. The van der Waals surface area contributed by atoms with Crippen LogP contribution in [0, 0.1) is 0 Å². The number of thioether (sulfide) groups is 1. The maximum Gasteiger partial charge on any atom is 0.290 e. The molecule has 1 aliphatic rings. The third-order valence-electron chi connectivity index (χ3n) is 2.63. The zero-order valence-corrected chi connectivity index (χ0v) is 11.1.